The molecule has 0 amide bonds. The second kappa shape index (κ2) is 6.68. The Balaban J connectivity index is 2.15. The molecule has 1 saturated heterocycles. The van der Waals surface area contributed by atoms with Crippen molar-refractivity contribution in [1.29, 1.82) is 0 Å². The molecule has 0 aliphatic carbocycles. The van der Waals surface area contributed by atoms with Gasteiger partial charge in [-0.3, -0.25) is 4.90 Å². The molecule has 0 aromatic heterocycles. The molecule has 1 fully saturated rings. The molecule has 0 radical (unpaired) electrons. The number of nitrogens with zero attached hydrogens (tertiary/aromatic N) is 1. The highest BCUT2D eigenvalue weighted by Crippen LogP contribution is 2.25. The predicted octanol–water partition coefficient (Wildman–Crippen LogP) is 1.62. The van der Waals surface area contributed by atoms with Crippen molar-refractivity contribution in [3.05, 3.63) is 33.4 Å². The van der Waals surface area contributed by atoms with Crippen molar-refractivity contribution in [3.8, 4) is 0 Å². The maximum Gasteiger partial charge on any atom is 0.0449 e. The van der Waals surface area contributed by atoms with Gasteiger partial charge in [0.15, 0.2) is 0 Å². The lowest BCUT2D eigenvalue weighted by atomic mass is 10.0. The van der Waals surface area contributed by atoms with Crippen LogP contribution in [0.4, 0.5) is 0 Å². The van der Waals surface area contributed by atoms with Crippen molar-refractivity contribution < 1.29 is 5.11 Å². The van der Waals surface area contributed by atoms with Crippen LogP contribution >= 0.6 is 22.6 Å². The van der Waals surface area contributed by atoms with Crippen molar-refractivity contribution in [1.82, 2.24) is 10.2 Å². The molecule has 1 aliphatic heterocycles. The fourth-order valence-electron chi connectivity index (χ4n) is 2.39. The first-order valence-corrected chi connectivity index (χ1v) is 7.20. The third-order valence-electron chi connectivity index (χ3n) is 3.23. The van der Waals surface area contributed by atoms with Gasteiger partial charge in [-0.05, 0) is 46.7 Å². The molecule has 2 rings (SSSR count). The van der Waals surface area contributed by atoms with Gasteiger partial charge in [0.25, 0.3) is 0 Å². The van der Waals surface area contributed by atoms with Gasteiger partial charge in [0.2, 0.25) is 0 Å². The number of halogens is 1. The van der Waals surface area contributed by atoms with E-state index >= 15 is 0 Å². The van der Waals surface area contributed by atoms with E-state index < -0.39 is 0 Å². The summed E-state index contributed by atoms with van der Waals surface area (Å²) in [4.78, 5) is 2.47. The Bertz CT molecular complexity index is 353. The van der Waals surface area contributed by atoms with Gasteiger partial charge >= 0.3 is 0 Å². The molecule has 1 heterocycles. The summed E-state index contributed by atoms with van der Waals surface area (Å²) in [6.07, 6.45) is 0.820. The minimum Gasteiger partial charge on any atom is -0.396 e. The normalized spacial score (nSPS) is 19.2. The standard InChI is InChI=1S/C13H19IN2O/c14-12-3-1-2-11(10-12)13(4-9-17)16-7-5-15-6-8-16/h1-3,10,13,15,17H,4-9H2/t13-/m1/s1. The third kappa shape index (κ3) is 3.64. The number of nitrogens with one attached hydrogen (secondary N) is 1. The predicted molar refractivity (Wildman–Crippen MR) is 78.0 cm³/mol. The first-order chi connectivity index (χ1) is 8.31. The molecule has 0 bridgehead atoms. The molecule has 94 valence electrons. The average Bonchev–Trinajstić information content (AvgIpc) is 2.37. The minimum atomic E-state index is 0.250. The fourth-order valence-corrected chi connectivity index (χ4v) is 2.96. The van der Waals surface area contributed by atoms with E-state index in [1.807, 2.05) is 0 Å². The van der Waals surface area contributed by atoms with E-state index in [1.54, 1.807) is 0 Å². The van der Waals surface area contributed by atoms with Gasteiger partial charge in [0.05, 0.1) is 0 Å². The highest BCUT2D eigenvalue weighted by atomic mass is 127. The van der Waals surface area contributed by atoms with Crippen LogP contribution < -0.4 is 5.32 Å². The molecule has 0 saturated carbocycles. The highest BCUT2D eigenvalue weighted by molar-refractivity contribution is 14.1. The van der Waals surface area contributed by atoms with E-state index in [2.05, 4.69) is 57.1 Å². The monoisotopic (exact) mass is 346 g/mol. The van der Waals surface area contributed by atoms with Crippen LogP contribution in [-0.2, 0) is 0 Å². The number of hydrogen-bond donors (Lipinski definition) is 2. The van der Waals surface area contributed by atoms with Crippen LogP contribution in [-0.4, -0.2) is 42.8 Å². The summed E-state index contributed by atoms with van der Waals surface area (Å²) in [6.45, 7) is 4.48. The third-order valence-corrected chi connectivity index (χ3v) is 3.90. The molecule has 4 heteroatoms. The Morgan fingerprint density at radius 3 is 2.76 bits per heavy atom. The maximum absolute atomic E-state index is 9.25. The second-order valence-corrected chi connectivity index (χ2v) is 5.61. The Morgan fingerprint density at radius 1 is 1.35 bits per heavy atom. The zero-order valence-corrected chi connectivity index (χ0v) is 12.1. The fraction of sp³-hybridized carbons (Fsp3) is 0.538. The smallest absolute Gasteiger partial charge is 0.0449 e. The van der Waals surface area contributed by atoms with E-state index in [0.717, 1.165) is 32.6 Å². The molecule has 1 aliphatic rings. The number of aliphatic hydroxyl groups is 1. The van der Waals surface area contributed by atoms with Crippen LogP contribution in [0.15, 0.2) is 24.3 Å². The summed E-state index contributed by atoms with van der Waals surface area (Å²) >= 11 is 2.34. The lowest BCUT2D eigenvalue weighted by molar-refractivity contribution is 0.141. The molecule has 1 aromatic carbocycles. The molecular formula is C13H19IN2O. The second-order valence-electron chi connectivity index (χ2n) is 4.37. The summed E-state index contributed by atoms with van der Waals surface area (Å²) in [5, 5.41) is 12.6. The van der Waals surface area contributed by atoms with E-state index in [9.17, 15) is 5.11 Å². The van der Waals surface area contributed by atoms with Crippen LogP contribution in [0.25, 0.3) is 0 Å². The van der Waals surface area contributed by atoms with Crippen LogP contribution in [0, 0.1) is 3.57 Å². The summed E-state index contributed by atoms with van der Waals surface area (Å²) < 4.78 is 1.26. The Labute approximate surface area is 116 Å². The first kappa shape index (κ1) is 13.3. The molecule has 3 nitrogen and oxygen atoms in total. The van der Waals surface area contributed by atoms with E-state index in [1.165, 1.54) is 9.13 Å². The van der Waals surface area contributed by atoms with Crippen LogP contribution in [0.1, 0.15) is 18.0 Å². The van der Waals surface area contributed by atoms with E-state index in [0.29, 0.717) is 6.04 Å². The lowest BCUT2D eigenvalue weighted by Gasteiger charge is -2.35. The molecule has 17 heavy (non-hydrogen) atoms. The van der Waals surface area contributed by atoms with Gasteiger partial charge in [0, 0.05) is 42.4 Å². The minimum absolute atomic E-state index is 0.250. The topological polar surface area (TPSA) is 35.5 Å². The van der Waals surface area contributed by atoms with Gasteiger partial charge in [-0.1, -0.05) is 12.1 Å². The Kier molecular flexibility index (Phi) is 5.21. The van der Waals surface area contributed by atoms with Crippen molar-refractivity contribution in [2.45, 2.75) is 12.5 Å². The van der Waals surface area contributed by atoms with Crippen molar-refractivity contribution in [2.75, 3.05) is 32.8 Å². The van der Waals surface area contributed by atoms with E-state index in [4.69, 9.17) is 0 Å². The van der Waals surface area contributed by atoms with Gasteiger partial charge in [-0.15, -0.1) is 0 Å². The average molecular weight is 346 g/mol. The molecular weight excluding hydrogens is 327 g/mol. The molecule has 0 unspecified atom stereocenters. The van der Waals surface area contributed by atoms with Crippen molar-refractivity contribution in [2.24, 2.45) is 0 Å². The number of rotatable bonds is 4. The molecule has 1 atom stereocenters. The van der Waals surface area contributed by atoms with Gasteiger partial charge < -0.3 is 10.4 Å². The van der Waals surface area contributed by atoms with Gasteiger partial charge in [-0.2, -0.15) is 0 Å². The van der Waals surface area contributed by atoms with Crippen molar-refractivity contribution in [3.63, 3.8) is 0 Å². The van der Waals surface area contributed by atoms with Gasteiger partial charge in [0.1, 0.15) is 0 Å². The Morgan fingerprint density at radius 2 is 2.12 bits per heavy atom. The molecule has 1 aromatic rings. The molecule has 0 spiro atoms. The summed E-state index contributed by atoms with van der Waals surface area (Å²) in [7, 11) is 0. The zero-order chi connectivity index (χ0) is 12.1. The maximum atomic E-state index is 9.25. The lowest BCUT2D eigenvalue weighted by Crippen LogP contribution is -2.45. The summed E-state index contributed by atoms with van der Waals surface area (Å²) in [5.41, 5.74) is 1.33. The van der Waals surface area contributed by atoms with E-state index in [-0.39, 0.29) is 6.61 Å². The summed E-state index contributed by atoms with van der Waals surface area (Å²) in [6, 6.07) is 8.96. The number of piperazine rings is 1. The Hall–Kier alpha value is -0.170. The zero-order valence-electron chi connectivity index (χ0n) is 9.90. The number of aliphatic hydroxyl groups excluding tert-OH is 1. The van der Waals surface area contributed by atoms with Gasteiger partial charge in [-0.25, -0.2) is 0 Å². The largest absolute Gasteiger partial charge is 0.396 e. The van der Waals surface area contributed by atoms with Crippen LogP contribution in [0.3, 0.4) is 0 Å². The number of benzene rings is 1. The number of hydrogen-bond acceptors (Lipinski definition) is 3. The van der Waals surface area contributed by atoms with Crippen LogP contribution in [0.2, 0.25) is 0 Å². The molecule has 2 N–H and O–H groups in total. The SMILES string of the molecule is OCC[C@H](c1cccc(I)c1)N1CCNCC1. The first-order valence-electron chi connectivity index (χ1n) is 6.12. The summed E-state index contributed by atoms with van der Waals surface area (Å²) in [5.74, 6) is 0. The quantitative estimate of drug-likeness (QED) is 0.814. The van der Waals surface area contributed by atoms with Crippen LogP contribution in [0.5, 0.6) is 0 Å². The van der Waals surface area contributed by atoms with Crippen molar-refractivity contribution >= 4 is 22.6 Å². The highest BCUT2D eigenvalue weighted by Gasteiger charge is 2.21.